The summed E-state index contributed by atoms with van der Waals surface area (Å²) in [5.74, 6) is 0.435. The number of rotatable bonds is 7. The molecule has 0 aliphatic carbocycles. The molecule has 80 valence electrons. The van der Waals surface area contributed by atoms with Crippen molar-refractivity contribution in [1.82, 2.24) is 0 Å². The molecule has 0 heterocycles. The monoisotopic (exact) mass is 194 g/mol. The fourth-order valence-corrected chi connectivity index (χ4v) is 1.68. The van der Waals surface area contributed by atoms with Crippen LogP contribution in [0.3, 0.4) is 0 Å². The Labute approximate surface area is 87.9 Å². The van der Waals surface area contributed by atoms with E-state index in [-0.39, 0.29) is 5.92 Å². The number of hydrogen-bond donors (Lipinski definition) is 0. The van der Waals surface area contributed by atoms with E-state index in [1.165, 1.54) is 5.57 Å². The minimum atomic E-state index is 0.0950. The van der Waals surface area contributed by atoms with Crippen molar-refractivity contribution >= 4 is 6.29 Å². The summed E-state index contributed by atoms with van der Waals surface area (Å²) in [7, 11) is 0. The van der Waals surface area contributed by atoms with E-state index in [2.05, 4.69) is 13.2 Å². The first-order valence-electron chi connectivity index (χ1n) is 5.24. The SMILES string of the molecule is C=C(C)CCCC(C(=C)C)C(C)C=O. The van der Waals surface area contributed by atoms with E-state index in [1.807, 2.05) is 20.8 Å². The Morgan fingerprint density at radius 3 is 2.29 bits per heavy atom. The molecule has 0 aromatic heterocycles. The van der Waals surface area contributed by atoms with Crippen LogP contribution in [0.25, 0.3) is 0 Å². The van der Waals surface area contributed by atoms with Crippen LogP contribution in [-0.2, 0) is 4.79 Å². The van der Waals surface area contributed by atoms with E-state index >= 15 is 0 Å². The summed E-state index contributed by atoms with van der Waals surface area (Å²) in [6.07, 6.45) is 4.22. The van der Waals surface area contributed by atoms with Gasteiger partial charge in [0.25, 0.3) is 0 Å². The van der Waals surface area contributed by atoms with Crippen LogP contribution in [0.4, 0.5) is 0 Å². The highest BCUT2D eigenvalue weighted by molar-refractivity contribution is 5.54. The summed E-state index contributed by atoms with van der Waals surface area (Å²) >= 11 is 0. The Balaban J connectivity index is 4.04. The lowest BCUT2D eigenvalue weighted by molar-refractivity contribution is -0.111. The average Bonchev–Trinajstić information content (AvgIpc) is 2.10. The molecule has 0 spiro atoms. The maximum Gasteiger partial charge on any atom is 0.123 e. The number of hydrogen-bond acceptors (Lipinski definition) is 1. The van der Waals surface area contributed by atoms with Gasteiger partial charge >= 0.3 is 0 Å². The normalized spacial score (nSPS) is 14.5. The van der Waals surface area contributed by atoms with Gasteiger partial charge in [0.2, 0.25) is 0 Å². The predicted molar refractivity (Wildman–Crippen MR) is 62.2 cm³/mol. The topological polar surface area (TPSA) is 17.1 Å². The number of carbonyl (C=O) groups is 1. The zero-order valence-electron chi connectivity index (χ0n) is 9.68. The van der Waals surface area contributed by atoms with Gasteiger partial charge in [-0.25, -0.2) is 0 Å². The van der Waals surface area contributed by atoms with Crippen LogP contribution < -0.4 is 0 Å². The summed E-state index contributed by atoms with van der Waals surface area (Å²) < 4.78 is 0. The van der Waals surface area contributed by atoms with Crippen molar-refractivity contribution in [2.24, 2.45) is 11.8 Å². The highest BCUT2D eigenvalue weighted by Crippen LogP contribution is 2.24. The molecule has 0 rings (SSSR count). The molecular weight excluding hydrogens is 172 g/mol. The quantitative estimate of drug-likeness (QED) is 0.445. The molecule has 0 saturated carbocycles. The fraction of sp³-hybridized carbons (Fsp3) is 0.615. The third kappa shape index (κ3) is 5.00. The summed E-state index contributed by atoms with van der Waals surface area (Å²) in [4.78, 5) is 10.7. The average molecular weight is 194 g/mol. The second kappa shape index (κ2) is 6.58. The van der Waals surface area contributed by atoms with Gasteiger partial charge in [-0.3, -0.25) is 0 Å². The molecular formula is C13H22O. The molecule has 1 heteroatoms. The molecule has 0 aromatic rings. The fourth-order valence-electron chi connectivity index (χ4n) is 1.68. The number of aldehydes is 1. The molecule has 1 nitrogen and oxygen atoms in total. The van der Waals surface area contributed by atoms with Crippen LogP contribution in [0.1, 0.15) is 40.0 Å². The molecule has 2 unspecified atom stereocenters. The Morgan fingerprint density at radius 2 is 1.93 bits per heavy atom. The van der Waals surface area contributed by atoms with Crippen molar-refractivity contribution in [2.75, 3.05) is 0 Å². The van der Waals surface area contributed by atoms with Crippen LogP contribution in [-0.4, -0.2) is 6.29 Å². The van der Waals surface area contributed by atoms with Crippen molar-refractivity contribution in [3.8, 4) is 0 Å². The zero-order valence-corrected chi connectivity index (χ0v) is 9.68. The molecule has 14 heavy (non-hydrogen) atoms. The van der Waals surface area contributed by atoms with Gasteiger partial charge in [0.05, 0.1) is 0 Å². The second-order valence-corrected chi connectivity index (χ2v) is 4.30. The predicted octanol–water partition coefficient (Wildman–Crippen LogP) is 3.76. The highest BCUT2D eigenvalue weighted by Gasteiger charge is 2.16. The summed E-state index contributed by atoms with van der Waals surface area (Å²) in [5.41, 5.74) is 2.33. The molecule has 0 aromatic carbocycles. The molecule has 2 atom stereocenters. The first-order valence-corrected chi connectivity index (χ1v) is 5.24. The van der Waals surface area contributed by atoms with E-state index in [4.69, 9.17) is 0 Å². The minimum absolute atomic E-state index is 0.0950. The Kier molecular flexibility index (Phi) is 6.18. The zero-order chi connectivity index (χ0) is 11.1. The minimum Gasteiger partial charge on any atom is -0.303 e. The second-order valence-electron chi connectivity index (χ2n) is 4.30. The lowest BCUT2D eigenvalue weighted by Crippen LogP contribution is -2.13. The number of carbonyl (C=O) groups excluding carboxylic acids is 1. The molecule has 0 radical (unpaired) electrons. The van der Waals surface area contributed by atoms with Crippen LogP contribution >= 0.6 is 0 Å². The third-order valence-corrected chi connectivity index (χ3v) is 2.60. The Hall–Kier alpha value is -0.850. The Morgan fingerprint density at radius 1 is 1.36 bits per heavy atom. The van der Waals surface area contributed by atoms with Crippen molar-refractivity contribution < 1.29 is 4.79 Å². The van der Waals surface area contributed by atoms with Crippen molar-refractivity contribution in [3.63, 3.8) is 0 Å². The van der Waals surface area contributed by atoms with E-state index in [0.717, 1.165) is 31.1 Å². The van der Waals surface area contributed by atoms with Crippen LogP contribution in [0.5, 0.6) is 0 Å². The van der Waals surface area contributed by atoms with Gasteiger partial charge in [0.1, 0.15) is 6.29 Å². The smallest absolute Gasteiger partial charge is 0.123 e. The van der Waals surface area contributed by atoms with E-state index in [1.54, 1.807) is 0 Å². The first kappa shape index (κ1) is 13.2. The summed E-state index contributed by atoms with van der Waals surface area (Å²) in [6.45, 7) is 13.8. The van der Waals surface area contributed by atoms with Gasteiger partial charge in [0, 0.05) is 5.92 Å². The van der Waals surface area contributed by atoms with Gasteiger partial charge in [-0.2, -0.15) is 0 Å². The molecule has 0 N–H and O–H groups in total. The molecule has 0 fully saturated rings. The van der Waals surface area contributed by atoms with Crippen LogP contribution in [0.15, 0.2) is 24.3 Å². The largest absolute Gasteiger partial charge is 0.303 e. The molecule has 0 aliphatic rings. The van der Waals surface area contributed by atoms with Crippen molar-refractivity contribution in [2.45, 2.75) is 40.0 Å². The standard InChI is InChI=1S/C13H22O/c1-10(2)7-6-8-13(11(3)4)12(5)9-14/h9,12-13H,1,3,6-8H2,2,4-5H3. The van der Waals surface area contributed by atoms with Gasteiger partial charge in [-0.1, -0.05) is 24.6 Å². The summed E-state index contributed by atoms with van der Waals surface area (Å²) in [6, 6.07) is 0. The number of allylic oxidation sites excluding steroid dienone is 2. The Bertz CT molecular complexity index is 215. The lowest BCUT2D eigenvalue weighted by Gasteiger charge is -2.19. The molecule has 0 bridgehead atoms. The van der Waals surface area contributed by atoms with Gasteiger partial charge < -0.3 is 4.79 Å². The van der Waals surface area contributed by atoms with Crippen molar-refractivity contribution in [1.29, 1.82) is 0 Å². The maximum atomic E-state index is 10.7. The van der Waals surface area contributed by atoms with Crippen LogP contribution in [0, 0.1) is 11.8 Å². The van der Waals surface area contributed by atoms with Crippen molar-refractivity contribution in [3.05, 3.63) is 24.3 Å². The first-order chi connectivity index (χ1) is 6.49. The lowest BCUT2D eigenvalue weighted by atomic mass is 9.85. The van der Waals surface area contributed by atoms with E-state index < -0.39 is 0 Å². The van der Waals surface area contributed by atoms with Crippen LogP contribution in [0.2, 0.25) is 0 Å². The van der Waals surface area contributed by atoms with E-state index in [9.17, 15) is 4.79 Å². The molecule has 0 aliphatic heterocycles. The molecule has 0 amide bonds. The maximum absolute atomic E-state index is 10.7. The van der Waals surface area contributed by atoms with Gasteiger partial charge in [-0.05, 0) is 39.0 Å². The third-order valence-electron chi connectivity index (χ3n) is 2.60. The summed E-state index contributed by atoms with van der Waals surface area (Å²) in [5, 5.41) is 0. The van der Waals surface area contributed by atoms with E-state index in [0.29, 0.717) is 5.92 Å². The highest BCUT2D eigenvalue weighted by atomic mass is 16.1. The van der Waals surface area contributed by atoms with Gasteiger partial charge in [0.15, 0.2) is 0 Å². The molecule has 0 saturated heterocycles. The van der Waals surface area contributed by atoms with Gasteiger partial charge in [-0.15, -0.1) is 6.58 Å².